The summed E-state index contributed by atoms with van der Waals surface area (Å²) >= 11 is 0. The van der Waals surface area contributed by atoms with Gasteiger partial charge in [-0.2, -0.15) is 0 Å². The average Bonchev–Trinajstić information content (AvgIpc) is 2.92. The molecule has 0 unspecified atom stereocenters. The van der Waals surface area contributed by atoms with Crippen LogP contribution in [0.15, 0.2) is 42.5 Å². The molecule has 3 aliphatic rings. The van der Waals surface area contributed by atoms with Crippen molar-refractivity contribution in [1.82, 2.24) is 9.80 Å². The van der Waals surface area contributed by atoms with Gasteiger partial charge in [-0.15, -0.1) is 0 Å². The maximum Gasteiger partial charge on any atom is 0.228 e. The van der Waals surface area contributed by atoms with Crippen molar-refractivity contribution >= 4 is 11.6 Å². The van der Waals surface area contributed by atoms with Crippen LogP contribution in [0.25, 0.3) is 0 Å². The Bertz CT molecular complexity index is 1060. The predicted octanol–water partition coefficient (Wildman–Crippen LogP) is 4.51. The molecule has 0 saturated carbocycles. The molecule has 37 heavy (non-hydrogen) atoms. The first kappa shape index (κ1) is 26.0. The molecule has 5 rings (SSSR count). The summed E-state index contributed by atoms with van der Waals surface area (Å²) in [5.41, 5.74) is 2.60. The van der Waals surface area contributed by atoms with Crippen LogP contribution in [0.4, 0.5) is 10.1 Å². The first-order valence-corrected chi connectivity index (χ1v) is 13.8. The van der Waals surface area contributed by atoms with Gasteiger partial charge >= 0.3 is 0 Å². The molecule has 3 aliphatic heterocycles. The Morgan fingerprint density at radius 2 is 1.70 bits per heavy atom. The number of halogens is 1. The molecule has 0 aromatic heterocycles. The van der Waals surface area contributed by atoms with Crippen LogP contribution in [0.3, 0.4) is 0 Å². The zero-order valence-corrected chi connectivity index (χ0v) is 22.1. The van der Waals surface area contributed by atoms with Crippen molar-refractivity contribution < 1.29 is 18.7 Å². The van der Waals surface area contributed by atoms with Gasteiger partial charge < -0.3 is 19.3 Å². The average molecular weight is 510 g/mol. The summed E-state index contributed by atoms with van der Waals surface area (Å²) in [6.45, 7) is 6.26. The number of carbonyl (C=O) groups is 1. The SMILES string of the molecule is CN1CCOc2ccccc2CCCCC2(CCN(Cc3ccc(N4CCOCC4)c(F)c3)CC2)C1=O. The molecule has 0 N–H and O–H groups in total. The third-order valence-corrected chi connectivity index (χ3v) is 8.39. The number of hydrogen-bond acceptors (Lipinski definition) is 5. The van der Waals surface area contributed by atoms with Gasteiger partial charge in [0, 0.05) is 26.7 Å². The molecule has 6 nitrogen and oxygen atoms in total. The molecule has 0 atom stereocenters. The summed E-state index contributed by atoms with van der Waals surface area (Å²) in [4.78, 5) is 20.0. The molecule has 7 heteroatoms. The number of hydrogen-bond donors (Lipinski definition) is 0. The monoisotopic (exact) mass is 509 g/mol. The number of likely N-dealkylation sites (N-methyl/N-ethyl adjacent to an activating group) is 1. The Morgan fingerprint density at radius 1 is 0.919 bits per heavy atom. The molecular formula is C30H40FN3O3. The van der Waals surface area contributed by atoms with E-state index in [1.165, 1.54) is 5.56 Å². The van der Waals surface area contributed by atoms with Gasteiger partial charge in [0.2, 0.25) is 5.91 Å². The fourth-order valence-electron chi connectivity index (χ4n) is 6.11. The number of carbonyl (C=O) groups excluding carboxylic acids is 1. The number of piperidine rings is 1. The normalized spacial score (nSPS) is 21.6. The molecular weight excluding hydrogens is 469 g/mol. The van der Waals surface area contributed by atoms with E-state index in [0.29, 0.717) is 38.6 Å². The zero-order valence-electron chi connectivity index (χ0n) is 22.1. The fraction of sp³-hybridized carbons (Fsp3) is 0.567. The number of benzene rings is 2. The van der Waals surface area contributed by atoms with Crippen molar-refractivity contribution in [2.75, 3.05) is 64.5 Å². The van der Waals surface area contributed by atoms with E-state index in [1.807, 2.05) is 36.2 Å². The summed E-state index contributed by atoms with van der Waals surface area (Å²) in [6.07, 6.45) is 5.69. The van der Waals surface area contributed by atoms with E-state index >= 15 is 0 Å². The number of aryl methyl sites for hydroxylation is 1. The van der Waals surface area contributed by atoms with Crippen LogP contribution in [0.1, 0.15) is 43.2 Å². The highest BCUT2D eigenvalue weighted by Gasteiger charge is 2.42. The second-order valence-electron chi connectivity index (χ2n) is 10.8. The largest absolute Gasteiger partial charge is 0.491 e. The number of likely N-dealkylation sites (tertiary alicyclic amines) is 1. The number of rotatable bonds is 3. The highest BCUT2D eigenvalue weighted by atomic mass is 19.1. The van der Waals surface area contributed by atoms with Gasteiger partial charge in [-0.25, -0.2) is 4.39 Å². The zero-order chi connectivity index (χ0) is 25.7. The van der Waals surface area contributed by atoms with E-state index in [1.54, 1.807) is 6.07 Å². The smallest absolute Gasteiger partial charge is 0.228 e. The summed E-state index contributed by atoms with van der Waals surface area (Å²) in [6, 6.07) is 13.9. The molecule has 2 aromatic carbocycles. The minimum Gasteiger partial charge on any atom is -0.491 e. The molecule has 2 saturated heterocycles. The standard InChI is InChI=1S/C30H40FN3O3/c1-32-16-21-37-28-8-3-2-6-25(28)7-4-5-11-30(29(32)35)12-14-33(15-13-30)23-24-9-10-27(26(31)22-24)34-17-19-36-20-18-34/h2-3,6,8-10,22H,4-5,7,11-21,23H2,1H3. The van der Waals surface area contributed by atoms with Crippen LogP contribution in [0.2, 0.25) is 0 Å². The number of anilines is 1. The highest BCUT2D eigenvalue weighted by molar-refractivity contribution is 5.82. The minimum absolute atomic E-state index is 0.159. The Kier molecular flexibility index (Phi) is 8.30. The number of para-hydroxylation sites is 1. The number of ether oxygens (including phenoxy) is 2. The number of fused-ring (bicyclic) bond motifs is 1. The Labute approximate surface area is 220 Å². The maximum atomic E-state index is 14.9. The van der Waals surface area contributed by atoms with Gasteiger partial charge in [0.15, 0.2) is 0 Å². The minimum atomic E-state index is -0.310. The lowest BCUT2D eigenvalue weighted by Crippen LogP contribution is -2.50. The quantitative estimate of drug-likeness (QED) is 0.609. The van der Waals surface area contributed by atoms with Crippen molar-refractivity contribution in [1.29, 1.82) is 0 Å². The van der Waals surface area contributed by atoms with Crippen molar-refractivity contribution in [3.05, 3.63) is 59.4 Å². The third-order valence-electron chi connectivity index (χ3n) is 8.39. The van der Waals surface area contributed by atoms with E-state index < -0.39 is 0 Å². The summed E-state index contributed by atoms with van der Waals surface area (Å²) in [7, 11) is 1.91. The maximum absolute atomic E-state index is 14.9. The lowest BCUT2D eigenvalue weighted by molar-refractivity contribution is -0.145. The van der Waals surface area contributed by atoms with Gasteiger partial charge in [-0.05, 0) is 74.5 Å². The van der Waals surface area contributed by atoms with Crippen molar-refractivity contribution in [3.63, 3.8) is 0 Å². The summed E-state index contributed by atoms with van der Waals surface area (Å²) < 4.78 is 26.4. The number of amides is 1. The van der Waals surface area contributed by atoms with Crippen LogP contribution in [0.5, 0.6) is 5.75 Å². The van der Waals surface area contributed by atoms with Gasteiger partial charge in [0.25, 0.3) is 0 Å². The molecule has 1 amide bonds. The van der Waals surface area contributed by atoms with Crippen LogP contribution in [0, 0.1) is 11.2 Å². The predicted molar refractivity (Wildman–Crippen MR) is 144 cm³/mol. The van der Waals surface area contributed by atoms with E-state index in [9.17, 15) is 9.18 Å². The first-order valence-electron chi connectivity index (χ1n) is 13.8. The Balaban J connectivity index is 1.21. The third kappa shape index (κ3) is 6.10. The highest BCUT2D eigenvalue weighted by Crippen LogP contribution is 2.39. The topological polar surface area (TPSA) is 45.2 Å². The van der Waals surface area contributed by atoms with Crippen LogP contribution in [-0.4, -0.2) is 75.3 Å². The van der Waals surface area contributed by atoms with Gasteiger partial charge in [0.05, 0.1) is 30.9 Å². The Hall–Kier alpha value is -2.64. The van der Waals surface area contributed by atoms with Crippen LogP contribution < -0.4 is 9.64 Å². The number of nitrogens with zero attached hydrogens (tertiary/aromatic N) is 3. The van der Waals surface area contributed by atoms with Crippen molar-refractivity contribution in [2.24, 2.45) is 5.41 Å². The molecule has 0 aliphatic carbocycles. The second-order valence-corrected chi connectivity index (χ2v) is 10.8. The summed E-state index contributed by atoms with van der Waals surface area (Å²) in [5.74, 6) is 1.04. The molecule has 3 heterocycles. The lowest BCUT2D eigenvalue weighted by Gasteiger charge is -2.43. The fourth-order valence-corrected chi connectivity index (χ4v) is 6.11. The number of morpholine rings is 1. The van der Waals surface area contributed by atoms with Crippen molar-refractivity contribution in [2.45, 2.75) is 45.1 Å². The van der Waals surface area contributed by atoms with Gasteiger partial charge in [-0.1, -0.05) is 30.7 Å². The lowest BCUT2D eigenvalue weighted by atomic mass is 9.73. The summed E-state index contributed by atoms with van der Waals surface area (Å²) in [5, 5.41) is 0. The van der Waals surface area contributed by atoms with Gasteiger partial charge in [-0.3, -0.25) is 9.69 Å². The van der Waals surface area contributed by atoms with E-state index in [2.05, 4.69) is 21.9 Å². The molecule has 1 spiro atoms. The van der Waals surface area contributed by atoms with Crippen LogP contribution >= 0.6 is 0 Å². The Morgan fingerprint density at radius 3 is 2.49 bits per heavy atom. The van der Waals surface area contributed by atoms with E-state index in [4.69, 9.17) is 9.47 Å². The van der Waals surface area contributed by atoms with Gasteiger partial charge in [0.1, 0.15) is 18.2 Å². The van der Waals surface area contributed by atoms with E-state index in [-0.39, 0.29) is 17.1 Å². The second kappa shape index (κ2) is 11.8. The molecule has 0 radical (unpaired) electrons. The first-order chi connectivity index (χ1) is 18.0. The molecule has 200 valence electrons. The molecule has 0 bridgehead atoms. The molecule has 2 aromatic rings. The molecule has 2 fully saturated rings. The van der Waals surface area contributed by atoms with Crippen molar-refractivity contribution in [3.8, 4) is 5.75 Å². The van der Waals surface area contributed by atoms with E-state index in [0.717, 1.165) is 76.0 Å². The van der Waals surface area contributed by atoms with Crippen LogP contribution in [-0.2, 0) is 22.5 Å².